The van der Waals surface area contributed by atoms with Crippen LogP contribution in [0.4, 0.5) is 11.8 Å². The second-order valence-corrected chi connectivity index (χ2v) is 7.56. The highest BCUT2D eigenvalue weighted by Gasteiger charge is 2.24. The Bertz CT molecular complexity index is 1010. The molecule has 170 valence electrons. The van der Waals surface area contributed by atoms with Gasteiger partial charge in [0.05, 0.1) is 11.1 Å². The highest BCUT2D eigenvalue weighted by Crippen LogP contribution is 2.31. The van der Waals surface area contributed by atoms with Gasteiger partial charge >= 0.3 is 11.9 Å². The number of carbonyl (C=O) groups is 3. The molecule has 12 nitrogen and oxygen atoms in total. The molecule has 0 aromatic carbocycles. The molecule has 0 bridgehead atoms. The van der Waals surface area contributed by atoms with Crippen LogP contribution in [-0.2, 0) is 22.4 Å². The van der Waals surface area contributed by atoms with Crippen LogP contribution in [0.3, 0.4) is 0 Å². The molecule has 3 rings (SSSR count). The number of aromatic nitrogens is 3. The number of carbonyl (C=O) groups excluding carboxylic acids is 1. The Morgan fingerprint density at radius 2 is 2.03 bits per heavy atom. The maximum atomic E-state index is 12.3. The summed E-state index contributed by atoms with van der Waals surface area (Å²) >= 11 is 0. The summed E-state index contributed by atoms with van der Waals surface area (Å²) < 4.78 is 0. The number of aromatic hydroxyl groups is 1. The molecule has 0 spiro atoms. The number of nitrogens with two attached hydrogens (primary N) is 1. The maximum Gasteiger partial charge on any atom is 0.326 e. The van der Waals surface area contributed by atoms with Crippen molar-refractivity contribution in [1.29, 1.82) is 0 Å². The van der Waals surface area contributed by atoms with Crippen molar-refractivity contribution < 1.29 is 29.7 Å². The van der Waals surface area contributed by atoms with Gasteiger partial charge < -0.3 is 31.7 Å². The normalized spacial score (nSPS) is 15.8. The second-order valence-electron chi connectivity index (χ2n) is 7.56. The van der Waals surface area contributed by atoms with Gasteiger partial charge in [0.15, 0.2) is 0 Å². The first-order valence-electron chi connectivity index (χ1n) is 10.0. The standard InChI is InChI=1S/C20H24N6O6/c21-20-25-16-13(18(30)26-20)7-10(8-23-16)1-3-12-4-2-11(9-22-12)17(29)24-14(19(31)32)5-6-15(27)28/h2,4,9-10,14H,1,3,5-8H2,(H,24,29)(H,27,28)(H,31,32)(H4,21,23,25,26,30)/t10?,14-/m0/s1. The van der Waals surface area contributed by atoms with Crippen molar-refractivity contribution in [2.45, 2.75) is 38.1 Å². The largest absolute Gasteiger partial charge is 0.493 e. The summed E-state index contributed by atoms with van der Waals surface area (Å²) in [6, 6.07) is 1.94. The zero-order valence-corrected chi connectivity index (χ0v) is 17.1. The van der Waals surface area contributed by atoms with Gasteiger partial charge in [-0.05, 0) is 43.7 Å². The van der Waals surface area contributed by atoms with Crippen LogP contribution in [-0.4, -0.2) is 60.7 Å². The molecule has 0 fully saturated rings. The number of amides is 1. The topological polar surface area (TPSA) is 201 Å². The zero-order chi connectivity index (χ0) is 23.3. The van der Waals surface area contributed by atoms with Crippen LogP contribution in [0.5, 0.6) is 5.88 Å². The lowest BCUT2D eigenvalue weighted by atomic mass is 9.91. The van der Waals surface area contributed by atoms with Crippen molar-refractivity contribution in [2.75, 3.05) is 17.6 Å². The van der Waals surface area contributed by atoms with Crippen molar-refractivity contribution >= 4 is 29.6 Å². The van der Waals surface area contributed by atoms with Crippen LogP contribution in [0, 0.1) is 5.92 Å². The number of nitrogens with zero attached hydrogens (tertiary/aromatic N) is 3. The average Bonchev–Trinajstić information content (AvgIpc) is 2.75. The van der Waals surface area contributed by atoms with Crippen LogP contribution in [0.25, 0.3) is 0 Å². The molecule has 1 unspecified atom stereocenters. The first-order valence-corrected chi connectivity index (χ1v) is 10.0. The third-order valence-corrected chi connectivity index (χ3v) is 5.20. The smallest absolute Gasteiger partial charge is 0.326 e. The number of nitrogen functional groups attached to an aromatic ring is 1. The Hall–Kier alpha value is -3.96. The first-order chi connectivity index (χ1) is 15.2. The Morgan fingerprint density at radius 1 is 1.25 bits per heavy atom. The summed E-state index contributed by atoms with van der Waals surface area (Å²) in [4.78, 5) is 46.3. The highest BCUT2D eigenvalue weighted by molar-refractivity contribution is 5.96. The van der Waals surface area contributed by atoms with Gasteiger partial charge in [0.2, 0.25) is 11.8 Å². The fraction of sp³-hybridized carbons (Fsp3) is 0.400. The summed E-state index contributed by atoms with van der Waals surface area (Å²) in [5.41, 5.74) is 7.11. The number of pyridine rings is 1. The molecule has 1 aliphatic heterocycles. The van der Waals surface area contributed by atoms with Gasteiger partial charge in [0.25, 0.3) is 5.91 Å². The number of carboxylic acid groups (broad SMARTS) is 2. The number of carboxylic acids is 2. The third kappa shape index (κ3) is 5.80. The van der Waals surface area contributed by atoms with E-state index in [1.807, 2.05) is 0 Å². The summed E-state index contributed by atoms with van der Waals surface area (Å²) in [5, 5.41) is 33.3. The Morgan fingerprint density at radius 3 is 2.69 bits per heavy atom. The molecule has 2 aromatic heterocycles. The van der Waals surface area contributed by atoms with Gasteiger partial charge in [0.1, 0.15) is 11.9 Å². The number of anilines is 2. The van der Waals surface area contributed by atoms with Crippen molar-refractivity contribution in [3.8, 4) is 5.88 Å². The molecule has 0 saturated carbocycles. The van der Waals surface area contributed by atoms with E-state index in [2.05, 4.69) is 25.6 Å². The lowest BCUT2D eigenvalue weighted by Gasteiger charge is -2.25. The molecule has 0 radical (unpaired) electrons. The van der Waals surface area contributed by atoms with Gasteiger partial charge in [0, 0.05) is 24.9 Å². The predicted octanol–water partition coefficient (Wildman–Crippen LogP) is 0.424. The van der Waals surface area contributed by atoms with Crippen molar-refractivity contribution in [2.24, 2.45) is 5.92 Å². The molecule has 12 heteroatoms. The zero-order valence-electron chi connectivity index (χ0n) is 17.1. The number of aryl methyl sites for hydroxylation is 1. The third-order valence-electron chi connectivity index (χ3n) is 5.20. The molecule has 1 aliphatic rings. The minimum atomic E-state index is -1.30. The van der Waals surface area contributed by atoms with E-state index in [9.17, 15) is 19.5 Å². The van der Waals surface area contributed by atoms with Crippen LogP contribution >= 0.6 is 0 Å². The fourth-order valence-electron chi connectivity index (χ4n) is 3.45. The minimum absolute atomic E-state index is 0.0112. The number of rotatable bonds is 9. The Kier molecular flexibility index (Phi) is 7.03. The van der Waals surface area contributed by atoms with Crippen molar-refractivity contribution in [3.63, 3.8) is 0 Å². The fourth-order valence-corrected chi connectivity index (χ4v) is 3.45. The van der Waals surface area contributed by atoms with E-state index < -0.39 is 23.9 Å². The first kappa shape index (κ1) is 22.7. The molecule has 2 aromatic rings. The van der Waals surface area contributed by atoms with Gasteiger partial charge in [-0.25, -0.2) is 4.79 Å². The Balaban J connectivity index is 1.54. The number of fused-ring (bicyclic) bond motifs is 1. The quantitative estimate of drug-likeness (QED) is 0.313. The van der Waals surface area contributed by atoms with Crippen LogP contribution in [0.2, 0.25) is 0 Å². The van der Waals surface area contributed by atoms with E-state index in [1.54, 1.807) is 12.1 Å². The number of hydrogen-bond acceptors (Lipinski definition) is 9. The molecular weight excluding hydrogens is 420 g/mol. The van der Waals surface area contributed by atoms with Gasteiger partial charge in [-0.1, -0.05) is 0 Å². The number of aliphatic carboxylic acids is 2. The average molecular weight is 444 g/mol. The minimum Gasteiger partial charge on any atom is -0.493 e. The summed E-state index contributed by atoms with van der Waals surface area (Å²) in [6.07, 6.45) is 2.78. The van der Waals surface area contributed by atoms with E-state index in [0.29, 0.717) is 30.8 Å². The molecule has 32 heavy (non-hydrogen) atoms. The summed E-state index contributed by atoms with van der Waals surface area (Å²) in [7, 11) is 0. The molecule has 0 saturated heterocycles. The molecule has 3 heterocycles. The van der Waals surface area contributed by atoms with Gasteiger partial charge in [-0.2, -0.15) is 9.97 Å². The lowest BCUT2D eigenvalue weighted by Crippen LogP contribution is -2.41. The van der Waals surface area contributed by atoms with Crippen LogP contribution < -0.4 is 16.4 Å². The van der Waals surface area contributed by atoms with Crippen LogP contribution in [0.1, 0.15) is 40.9 Å². The molecule has 7 N–H and O–H groups in total. The van der Waals surface area contributed by atoms with E-state index in [1.165, 1.54) is 6.20 Å². The van der Waals surface area contributed by atoms with E-state index in [-0.39, 0.29) is 36.2 Å². The highest BCUT2D eigenvalue weighted by atomic mass is 16.4. The number of nitrogens with one attached hydrogen (secondary N) is 2. The van der Waals surface area contributed by atoms with E-state index in [0.717, 1.165) is 12.1 Å². The van der Waals surface area contributed by atoms with Crippen molar-refractivity contribution in [1.82, 2.24) is 20.3 Å². The molecule has 2 atom stereocenters. The summed E-state index contributed by atoms with van der Waals surface area (Å²) in [5.74, 6) is -2.42. The van der Waals surface area contributed by atoms with Crippen molar-refractivity contribution in [3.05, 3.63) is 35.2 Å². The molecular formula is C20H24N6O6. The van der Waals surface area contributed by atoms with E-state index >= 15 is 0 Å². The maximum absolute atomic E-state index is 12.3. The molecule has 0 aliphatic carbocycles. The monoisotopic (exact) mass is 444 g/mol. The van der Waals surface area contributed by atoms with Gasteiger partial charge in [-0.3, -0.25) is 14.6 Å². The molecule has 1 amide bonds. The summed E-state index contributed by atoms with van der Waals surface area (Å²) in [6.45, 7) is 0.663. The van der Waals surface area contributed by atoms with Gasteiger partial charge in [-0.15, -0.1) is 0 Å². The van der Waals surface area contributed by atoms with Crippen LogP contribution in [0.15, 0.2) is 18.3 Å². The Labute approximate surface area is 182 Å². The predicted molar refractivity (Wildman–Crippen MR) is 112 cm³/mol. The SMILES string of the molecule is Nc1nc(O)c2c(n1)NCC(CCc1ccc(C(=O)N[C@@H](CCC(=O)O)C(=O)O)cn1)C2. The second kappa shape index (κ2) is 9.90. The number of hydrogen-bond donors (Lipinski definition) is 6. The van der Waals surface area contributed by atoms with E-state index in [4.69, 9.17) is 15.9 Å². The lowest BCUT2D eigenvalue weighted by molar-refractivity contribution is -0.140.